The molecule has 1 aliphatic rings. The van der Waals surface area contributed by atoms with Gasteiger partial charge >= 0.3 is 0 Å². The summed E-state index contributed by atoms with van der Waals surface area (Å²) in [6.07, 6.45) is 0.963. The van der Waals surface area contributed by atoms with Gasteiger partial charge in [-0.2, -0.15) is 0 Å². The Kier molecular flexibility index (Phi) is 6.44. The third-order valence-corrected chi connectivity index (χ3v) is 2.88. The van der Waals surface area contributed by atoms with E-state index in [1.165, 1.54) is 5.56 Å². The van der Waals surface area contributed by atoms with Crippen LogP contribution in [0.4, 0.5) is 0 Å². The molecular weight excluding hydrogens is 226 g/mol. The number of nitrogens with zero attached hydrogens (tertiary/aromatic N) is 1. The van der Waals surface area contributed by atoms with Gasteiger partial charge in [-0.1, -0.05) is 32.9 Å². The molecule has 0 bridgehead atoms. The van der Waals surface area contributed by atoms with Gasteiger partial charge < -0.3 is 9.64 Å². The lowest BCUT2D eigenvalue weighted by Crippen LogP contribution is -2.40. The third kappa shape index (κ3) is 3.84. The minimum atomic E-state index is 0.124. The average Bonchev–Trinajstić information content (AvgIpc) is 2.49. The van der Waals surface area contributed by atoms with Crippen LogP contribution in [-0.4, -0.2) is 37.1 Å². The van der Waals surface area contributed by atoms with Crippen LogP contribution in [0.15, 0.2) is 24.3 Å². The molecule has 3 heteroatoms. The fraction of sp³-hybridized carbons (Fsp3) is 0.533. The Morgan fingerprint density at radius 1 is 1.28 bits per heavy atom. The number of carbonyl (C=O) groups excluding carboxylic acids is 1. The molecular formula is C15H23NO2. The number of amides is 1. The number of benzene rings is 1. The van der Waals surface area contributed by atoms with E-state index in [2.05, 4.69) is 13.0 Å². The average molecular weight is 249 g/mol. The summed E-state index contributed by atoms with van der Waals surface area (Å²) in [6, 6.07) is 7.87. The Morgan fingerprint density at radius 2 is 1.94 bits per heavy atom. The van der Waals surface area contributed by atoms with Crippen LogP contribution in [0.25, 0.3) is 0 Å². The molecule has 0 aliphatic carbocycles. The summed E-state index contributed by atoms with van der Waals surface area (Å²) in [7, 11) is 0. The van der Waals surface area contributed by atoms with Crippen LogP contribution >= 0.6 is 0 Å². The number of ether oxygens (including phenoxy) is 1. The van der Waals surface area contributed by atoms with Crippen molar-refractivity contribution in [1.29, 1.82) is 0 Å². The van der Waals surface area contributed by atoms with Crippen molar-refractivity contribution in [1.82, 2.24) is 4.90 Å². The molecule has 18 heavy (non-hydrogen) atoms. The summed E-state index contributed by atoms with van der Waals surface area (Å²) >= 11 is 0. The van der Waals surface area contributed by atoms with Gasteiger partial charge in [0.25, 0.3) is 5.91 Å². The second-order valence-corrected chi connectivity index (χ2v) is 3.96. The van der Waals surface area contributed by atoms with Gasteiger partial charge in [0.15, 0.2) is 0 Å². The zero-order chi connectivity index (χ0) is 13.4. The van der Waals surface area contributed by atoms with E-state index in [4.69, 9.17) is 4.74 Å². The van der Waals surface area contributed by atoms with E-state index in [1.54, 1.807) is 0 Å². The first-order valence-corrected chi connectivity index (χ1v) is 6.77. The summed E-state index contributed by atoms with van der Waals surface area (Å²) in [6.45, 7) is 8.81. The summed E-state index contributed by atoms with van der Waals surface area (Å²) in [5.74, 6) is 0.124. The Balaban J connectivity index is 0.000000771. The SMILES string of the molecule is CC.CCc1cccc(C(=O)N2CCOCC2)c1. The summed E-state index contributed by atoms with van der Waals surface area (Å²) in [5, 5.41) is 0. The normalized spacial score (nSPS) is 14.7. The minimum Gasteiger partial charge on any atom is -0.378 e. The molecule has 1 saturated heterocycles. The van der Waals surface area contributed by atoms with Gasteiger partial charge in [0, 0.05) is 18.7 Å². The zero-order valence-corrected chi connectivity index (χ0v) is 11.6. The molecule has 0 aromatic heterocycles. The summed E-state index contributed by atoms with van der Waals surface area (Å²) < 4.78 is 5.24. The number of carbonyl (C=O) groups is 1. The second-order valence-electron chi connectivity index (χ2n) is 3.96. The smallest absolute Gasteiger partial charge is 0.254 e. The Hall–Kier alpha value is -1.35. The highest BCUT2D eigenvalue weighted by atomic mass is 16.5. The van der Waals surface area contributed by atoms with Crippen LogP contribution in [0.2, 0.25) is 0 Å². The summed E-state index contributed by atoms with van der Waals surface area (Å²) in [4.78, 5) is 14.0. The molecule has 1 amide bonds. The second kappa shape index (κ2) is 7.88. The zero-order valence-electron chi connectivity index (χ0n) is 11.6. The van der Waals surface area contributed by atoms with Crippen molar-refractivity contribution in [3.05, 3.63) is 35.4 Å². The molecule has 0 radical (unpaired) electrons. The third-order valence-electron chi connectivity index (χ3n) is 2.88. The van der Waals surface area contributed by atoms with E-state index in [0.717, 1.165) is 12.0 Å². The molecule has 0 N–H and O–H groups in total. The summed E-state index contributed by atoms with van der Waals surface area (Å²) in [5.41, 5.74) is 2.00. The van der Waals surface area contributed by atoms with Crippen molar-refractivity contribution in [2.45, 2.75) is 27.2 Å². The number of rotatable bonds is 2. The maximum atomic E-state index is 12.1. The van der Waals surface area contributed by atoms with Crippen molar-refractivity contribution in [3.63, 3.8) is 0 Å². The molecule has 1 aliphatic heterocycles. The molecule has 100 valence electrons. The largest absolute Gasteiger partial charge is 0.378 e. The van der Waals surface area contributed by atoms with E-state index in [0.29, 0.717) is 26.3 Å². The van der Waals surface area contributed by atoms with Gasteiger partial charge in [-0.25, -0.2) is 0 Å². The quantitative estimate of drug-likeness (QED) is 0.806. The molecule has 1 heterocycles. The van der Waals surface area contributed by atoms with Gasteiger partial charge in [-0.3, -0.25) is 4.79 Å². The number of morpholine rings is 1. The Labute approximate surface area is 110 Å². The van der Waals surface area contributed by atoms with Gasteiger partial charge in [0.2, 0.25) is 0 Å². The lowest BCUT2D eigenvalue weighted by molar-refractivity contribution is 0.0303. The molecule has 1 aromatic carbocycles. The molecule has 3 nitrogen and oxygen atoms in total. The predicted molar refractivity (Wildman–Crippen MR) is 73.9 cm³/mol. The molecule has 1 aromatic rings. The lowest BCUT2D eigenvalue weighted by atomic mass is 10.1. The van der Waals surface area contributed by atoms with Crippen LogP contribution in [-0.2, 0) is 11.2 Å². The number of hydrogen-bond donors (Lipinski definition) is 0. The van der Waals surface area contributed by atoms with Crippen molar-refractivity contribution in [2.75, 3.05) is 26.3 Å². The maximum absolute atomic E-state index is 12.1. The van der Waals surface area contributed by atoms with E-state index >= 15 is 0 Å². The standard InChI is InChI=1S/C13H17NO2.C2H6/c1-2-11-4-3-5-12(10-11)13(15)14-6-8-16-9-7-14;1-2/h3-5,10H,2,6-9H2,1H3;1-2H3. The van der Waals surface area contributed by atoms with Crippen LogP contribution in [0.3, 0.4) is 0 Å². The first kappa shape index (κ1) is 14.7. The first-order chi connectivity index (χ1) is 8.81. The molecule has 0 spiro atoms. The molecule has 2 rings (SSSR count). The van der Waals surface area contributed by atoms with Gasteiger partial charge in [0.05, 0.1) is 13.2 Å². The Bertz CT molecular complexity index is 371. The van der Waals surface area contributed by atoms with Crippen molar-refractivity contribution < 1.29 is 9.53 Å². The van der Waals surface area contributed by atoms with Gasteiger partial charge in [-0.05, 0) is 24.1 Å². The van der Waals surface area contributed by atoms with Gasteiger partial charge in [-0.15, -0.1) is 0 Å². The fourth-order valence-corrected chi connectivity index (χ4v) is 1.87. The van der Waals surface area contributed by atoms with Crippen LogP contribution < -0.4 is 0 Å². The van der Waals surface area contributed by atoms with Crippen molar-refractivity contribution in [3.8, 4) is 0 Å². The van der Waals surface area contributed by atoms with Crippen molar-refractivity contribution in [2.24, 2.45) is 0 Å². The van der Waals surface area contributed by atoms with E-state index in [1.807, 2.05) is 36.9 Å². The molecule has 0 atom stereocenters. The van der Waals surface area contributed by atoms with Gasteiger partial charge in [0.1, 0.15) is 0 Å². The van der Waals surface area contributed by atoms with Crippen LogP contribution in [0.1, 0.15) is 36.7 Å². The molecule has 0 saturated carbocycles. The predicted octanol–water partition coefficient (Wildman–Crippen LogP) is 2.75. The van der Waals surface area contributed by atoms with E-state index in [-0.39, 0.29) is 5.91 Å². The molecule has 1 fully saturated rings. The number of aryl methyl sites for hydroxylation is 1. The first-order valence-electron chi connectivity index (χ1n) is 6.77. The fourth-order valence-electron chi connectivity index (χ4n) is 1.87. The topological polar surface area (TPSA) is 29.5 Å². The van der Waals surface area contributed by atoms with E-state index < -0.39 is 0 Å². The molecule has 0 unspecified atom stereocenters. The Morgan fingerprint density at radius 3 is 2.56 bits per heavy atom. The van der Waals surface area contributed by atoms with Crippen LogP contribution in [0, 0.1) is 0 Å². The van der Waals surface area contributed by atoms with Crippen molar-refractivity contribution >= 4 is 5.91 Å². The monoisotopic (exact) mass is 249 g/mol. The highest BCUT2D eigenvalue weighted by Gasteiger charge is 2.18. The maximum Gasteiger partial charge on any atom is 0.254 e. The highest BCUT2D eigenvalue weighted by molar-refractivity contribution is 5.94. The highest BCUT2D eigenvalue weighted by Crippen LogP contribution is 2.10. The van der Waals surface area contributed by atoms with E-state index in [9.17, 15) is 4.79 Å². The lowest BCUT2D eigenvalue weighted by Gasteiger charge is -2.27. The number of hydrogen-bond acceptors (Lipinski definition) is 2. The van der Waals surface area contributed by atoms with Crippen LogP contribution in [0.5, 0.6) is 0 Å². The minimum absolute atomic E-state index is 0.124.